The maximum absolute atomic E-state index is 12.7. The number of carbonyl (C=O) groups is 1. The number of ether oxygens (including phenoxy) is 1. The molecule has 0 radical (unpaired) electrons. The van der Waals surface area contributed by atoms with Gasteiger partial charge in [0.15, 0.2) is 0 Å². The molecule has 0 spiro atoms. The summed E-state index contributed by atoms with van der Waals surface area (Å²) in [5.41, 5.74) is 1.89. The van der Waals surface area contributed by atoms with E-state index in [2.05, 4.69) is 10.0 Å². The van der Waals surface area contributed by atoms with Crippen molar-refractivity contribution in [3.05, 3.63) is 82.9 Å². The van der Waals surface area contributed by atoms with Gasteiger partial charge in [0.25, 0.3) is 15.9 Å². The highest BCUT2D eigenvalue weighted by molar-refractivity contribution is 7.92. The minimum Gasteiger partial charge on any atom is -0.491 e. The Balaban J connectivity index is 1.77. The van der Waals surface area contributed by atoms with Crippen LogP contribution in [0.5, 0.6) is 5.75 Å². The van der Waals surface area contributed by atoms with Gasteiger partial charge in [-0.1, -0.05) is 29.3 Å². The van der Waals surface area contributed by atoms with Crippen LogP contribution in [0.4, 0.5) is 11.4 Å². The Morgan fingerprint density at radius 3 is 2.16 bits per heavy atom. The minimum absolute atomic E-state index is 0.0469. The van der Waals surface area contributed by atoms with Crippen molar-refractivity contribution in [2.24, 2.45) is 0 Å². The molecule has 6 nitrogen and oxygen atoms in total. The SMILES string of the molecule is Cc1ccc(S(=O)(=O)Nc2ccc(Cl)c(C(=O)Nc3ccc(OC(C)C)cc3)c2)cc1. The molecule has 0 aliphatic carbocycles. The molecule has 3 aromatic rings. The molecule has 0 bridgehead atoms. The molecule has 31 heavy (non-hydrogen) atoms. The summed E-state index contributed by atoms with van der Waals surface area (Å²) in [7, 11) is -3.80. The van der Waals surface area contributed by atoms with E-state index in [9.17, 15) is 13.2 Å². The lowest BCUT2D eigenvalue weighted by Crippen LogP contribution is -2.15. The second kappa shape index (κ2) is 9.41. The monoisotopic (exact) mass is 458 g/mol. The van der Waals surface area contributed by atoms with Crippen molar-refractivity contribution < 1.29 is 17.9 Å². The molecule has 0 aliphatic heterocycles. The lowest BCUT2D eigenvalue weighted by atomic mass is 10.2. The van der Waals surface area contributed by atoms with Crippen LogP contribution in [-0.2, 0) is 10.0 Å². The molecule has 0 unspecified atom stereocenters. The van der Waals surface area contributed by atoms with E-state index in [1.807, 2.05) is 20.8 Å². The van der Waals surface area contributed by atoms with Crippen LogP contribution in [0.2, 0.25) is 5.02 Å². The first-order valence-electron chi connectivity index (χ1n) is 9.61. The van der Waals surface area contributed by atoms with Gasteiger partial charge in [-0.15, -0.1) is 0 Å². The maximum Gasteiger partial charge on any atom is 0.261 e. The van der Waals surface area contributed by atoms with Gasteiger partial charge in [-0.05, 0) is 75.4 Å². The van der Waals surface area contributed by atoms with Gasteiger partial charge in [0.1, 0.15) is 5.75 Å². The van der Waals surface area contributed by atoms with Crippen molar-refractivity contribution in [1.82, 2.24) is 0 Å². The van der Waals surface area contributed by atoms with Crippen molar-refractivity contribution in [2.45, 2.75) is 31.8 Å². The number of aryl methyl sites for hydroxylation is 1. The van der Waals surface area contributed by atoms with Crippen LogP contribution in [0.25, 0.3) is 0 Å². The van der Waals surface area contributed by atoms with E-state index in [0.717, 1.165) is 5.56 Å². The molecule has 3 rings (SSSR count). The third-order valence-electron chi connectivity index (χ3n) is 4.28. The van der Waals surface area contributed by atoms with Crippen LogP contribution in [0.1, 0.15) is 29.8 Å². The number of amides is 1. The van der Waals surface area contributed by atoms with Crippen molar-refractivity contribution in [1.29, 1.82) is 0 Å². The standard InChI is InChI=1S/C23H23ClN2O4S/c1-15(2)30-19-9-6-17(7-10-19)25-23(27)21-14-18(8-13-22(21)24)26-31(28,29)20-11-4-16(3)5-12-20/h4-15,26H,1-3H3,(H,25,27). The highest BCUT2D eigenvalue weighted by atomic mass is 35.5. The van der Waals surface area contributed by atoms with E-state index in [0.29, 0.717) is 11.4 Å². The van der Waals surface area contributed by atoms with Gasteiger partial charge in [0, 0.05) is 11.4 Å². The zero-order valence-electron chi connectivity index (χ0n) is 17.3. The normalized spacial score (nSPS) is 11.3. The predicted molar refractivity (Wildman–Crippen MR) is 124 cm³/mol. The van der Waals surface area contributed by atoms with Gasteiger partial charge in [-0.25, -0.2) is 8.42 Å². The van der Waals surface area contributed by atoms with E-state index in [-0.39, 0.29) is 27.3 Å². The number of halogens is 1. The van der Waals surface area contributed by atoms with Crippen molar-refractivity contribution in [3.63, 3.8) is 0 Å². The Bertz CT molecular complexity index is 1180. The molecule has 0 heterocycles. The van der Waals surface area contributed by atoms with Crippen LogP contribution >= 0.6 is 11.6 Å². The molecule has 0 fully saturated rings. The smallest absolute Gasteiger partial charge is 0.261 e. The van der Waals surface area contributed by atoms with Gasteiger partial charge in [-0.3, -0.25) is 9.52 Å². The summed E-state index contributed by atoms with van der Waals surface area (Å²) in [6.45, 7) is 5.73. The van der Waals surface area contributed by atoms with Crippen molar-refractivity contribution in [2.75, 3.05) is 10.0 Å². The molecule has 162 valence electrons. The van der Waals surface area contributed by atoms with Gasteiger partial charge < -0.3 is 10.1 Å². The molecule has 0 aliphatic rings. The summed E-state index contributed by atoms with van der Waals surface area (Å²) in [5.74, 6) is 0.234. The summed E-state index contributed by atoms with van der Waals surface area (Å²) >= 11 is 6.19. The predicted octanol–water partition coefficient (Wildman–Crippen LogP) is 5.49. The Labute approximate surface area is 187 Å². The zero-order valence-corrected chi connectivity index (χ0v) is 18.9. The van der Waals surface area contributed by atoms with Gasteiger partial charge in [0.2, 0.25) is 0 Å². The summed E-state index contributed by atoms with van der Waals surface area (Å²) in [6.07, 6.45) is 0.0469. The average molecular weight is 459 g/mol. The van der Waals surface area contributed by atoms with Crippen LogP contribution in [0, 0.1) is 6.92 Å². The second-order valence-electron chi connectivity index (χ2n) is 7.26. The topological polar surface area (TPSA) is 84.5 Å². The summed E-state index contributed by atoms with van der Waals surface area (Å²) in [6, 6.07) is 17.8. The number of benzene rings is 3. The Kier molecular flexibility index (Phi) is 6.87. The maximum atomic E-state index is 12.7. The van der Waals surface area contributed by atoms with E-state index >= 15 is 0 Å². The Morgan fingerprint density at radius 1 is 0.935 bits per heavy atom. The largest absolute Gasteiger partial charge is 0.491 e. The number of nitrogens with one attached hydrogen (secondary N) is 2. The molecule has 8 heteroatoms. The molecular formula is C23H23ClN2O4S. The fourth-order valence-corrected chi connectivity index (χ4v) is 4.03. The zero-order chi connectivity index (χ0) is 22.6. The number of anilines is 2. The third kappa shape index (κ3) is 5.99. The average Bonchev–Trinajstić information content (AvgIpc) is 2.70. The second-order valence-corrected chi connectivity index (χ2v) is 9.35. The summed E-state index contributed by atoms with van der Waals surface area (Å²) in [4.78, 5) is 12.8. The fourth-order valence-electron chi connectivity index (χ4n) is 2.78. The fraction of sp³-hybridized carbons (Fsp3) is 0.174. The first kappa shape index (κ1) is 22.7. The molecule has 0 atom stereocenters. The minimum atomic E-state index is -3.80. The van der Waals surface area contributed by atoms with E-state index in [4.69, 9.17) is 16.3 Å². The number of sulfonamides is 1. The Hall–Kier alpha value is -3.03. The van der Waals surface area contributed by atoms with Crippen molar-refractivity contribution >= 4 is 38.9 Å². The van der Waals surface area contributed by atoms with E-state index in [1.54, 1.807) is 36.4 Å². The number of hydrogen-bond acceptors (Lipinski definition) is 4. The van der Waals surface area contributed by atoms with Crippen molar-refractivity contribution in [3.8, 4) is 5.75 Å². The molecule has 3 aromatic carbocycles. The molecule has 2 N–H and O–H groups in total. The Morgan fingerprint density at radius 2 is 1.55 bits per heavy atom. The summed E-state index contributed by atoms with van der Waals surface area (Å²) in [5, 5.41) is 2.96. The number of rotatable bonds is 7. The number of carbonyl (C=O) groups excluding carboxylic acids is 1. The van der Waals surface area contributed by atoms with Crippen LogP contribution in [0.3, 0.4) is 0 Å². The highest BCUT2D eigenvalue weighted by Crippen LogP contribution is 2.25. The molecular weight excluding hydrogens is 436 g/mol. The van der Waals surface area contributed by atoms with Crippen LogP contribution < -0.4 is 14.8 Å². The van der Waals surface area contributed by atoms with Gasteiger partial charge in [-0.2, -0.15) is 0 Å². The molecule has 1 amide bonds. The first-order valence-corrected chi connectivity index (χ1v) is 11.5. The van der Waals surface area contributed by atoms with Gasteiger partial charge >= 0.3 is 0 Å². The van der Waals surface area contributed by atoms with Gasteiger partial charge in [0.05, 0.1) is 21.6 Å². The lowest BCUT2D eigenvalue weighted by Gasteiger charge is -2.12. The molecule has 0 saturated heterocycles. The summed E-state index contributed by atoms with van der Waals surface area (Å²) < 4.78 is 33.3. The molecule has 0 aromatic heterocycles. The quantitative estimate of drug-likeness (QED) is 0.490. The van der Waals surface area contributed by atoms with E-state index < -0.39 is 15.9 Å². The highest BCUT2D eigenvalue weighted by Gasteiger charge is 2.17. The first-order chi connectivity index (χ1) is 14.6. The third-order valence-corrected chi connectivity index (χ3v) is 6.01. The van der Waals surface area contributed by atoms with E-state index in [1.165, 1.54) is 30.3 Å². The van der Waals surface area contributed by atoms with Crippen LogP contribution in [-0.4, -0.2) is 20.4 Å². The lowest BCUT2D eigenvalue weighted by molar-refractivity contribution is 0.102. The molecule has 0 saturated carbocycles. The number of hydrogen-bond donors (Lipinski definition) is 2. The van der Waals surface area contributed by atoms with Crippen LogP contribution in [0.15, 0.2) is 71.6 Å².